The van der Waals surface area contributed by atoms with Gasteiger partial charge in [0.1, 0.15) is 0 Å². The number of nitrogens with one attached hydrogen (secondary N) is 2. The third-order valence-corrected chi connectivity index (χ3v) is 3.63. The Morgan fingerprint density at radius 2 is 2.00 bits per heavy atom. The van der Waals surface area contributed by atoms with Gasteiger partial charge in [0.25, 0.3) is 0 Å². The molecule has 1 fully saturated rings. The van der Waals surface area contributed by atoms with E-state index in [1.165, 1.54) is 0 Å². The Balaban J connectivity index is 2.56. The summed E-state index contributed by atoms with van der Waals surface area (Å²) in [5, 5.41) is 16.1. The van der Waals surface area contributed by atoms with E-state index in [4.69, 9.17) is 0 Å². The van der Waals surface area contributed by atoms with Crippen molar-refractivity contribution in [3.05, 3.63) is 0 Å². The van der Waals surface area contributed by atoms with E-state index in [-0.39, 0.29) is 11.8 Å². The fourth-order valence-electron chi connectivity index (χ4n) is 1.64. The molecule has 1 heterocycles. The highest BCUT2D eigenvalue weighted by Gasteiger charge is 2.37. The lowest BCUT2D eigenvalue weighted by molar-refractivity contribution is -0.130. The Labute approximate surface area is 97.8 Å². The molecule has 1 aliphatic heterocycles. The molecule has 16 heavy (non-hydrogen) atoms. The standard InChI is InChI=1S/C12H24N2O2/c1-11(2,12(3,4)16)14-10(15)9-6-5-7-13-8-9/h9,13,16H,5-8H2,1-4H3,(H,14,15). The summed E-state index contributed by atoms with van der Waals surface area (Å²) in [6.07, 6.45) is 1.97. The van der Waals surface area contributed by atoms with Crippen LogP contribution in [-0.4, -0.2) is 35.2 Å². The third kappa shape index (κ3) is 3.19. The molecule has 0 bridgehead atoms. The normalized spacial score (nSPS) is 22.9. The fraction of sp³-hybridized carbons (Fsp3) is 0.917. The summed E-state index contributed by atoms with van der Waals surface area (Å²) in [5.74, 6) is 0.0784. The zero-order chi connectivity index (χ0) is 12.4. The maximum absolute atomic E-state index is 12.0. The lowest BCUT2D eigenvalue weighted by Gasteiger charge is -2.39. The van der Waals surface area contributed by atoms with Crippen LogP contribution in [0.15, 0.2) is 0 Å². The van der Waals surface area contributed by atoms with Gasteiger partial charge < -0.3 is 15.7 Å². The number of piperidine rings is 1. The molecule has 0 aromatic carbocycles. The molecule has 1 rings (SSSR count). The molecule has 94 valence electrons. The molecule has 0 spiro atoms. The third-order valence-electron chi connectivity index (χ3n) is 3.63. The maximum Gasteiger partial charge on any atom is 0.224 e. The number of hydrogen-bond donors (Lipinski definition) is 3. The van der Waals surface area contributed by atoms with Crippen molar-refractivity contribution in [2.45, 2.75) is 51.7 Å². The van der Waals surface area contributed by atoms with Gasteiger partial charge in [0.2, 0.25) is 5.91 Å². The second kappa shape index (κ2) is 4.72. The highest BCUT2D eigenvalue weighted by Crippen LogP contribution is 2.22. The highest BCUT2D eigenvalue weighted by atomic mass is 16.3. The Hall–Kier alpha value is -0.610. The van der Waals surface area contributed by atoms with Crippen molar-refractivity contribution >= 4 is 5.91 Å². The van der Waals surface area contributed by atoms with Crippen LogP contribution in [0.2, 0.25) is 0 Å². The van der Waals surface area contributed by atoms with Crippen molar-refractivity contribution in [1.82, 2.24) is 10.6 Å². The van der Waals surface area contributed by atoms with Crippen molar-refractivity contribution in [3.8, 4) is 0 Å². The second-order valence-electron chi connectivity index (χ2n) is 5.72. The molecule has 0 aromatic rings. The average Bonchev–Trinajstić information content (AvgIpc) is 2.16. The minimum Gasteiger partial charge on any atom is -0.388 e. The van der Waals surface area contributed by atoms with E-state index in [1.54, 1.807) is 13.8 Å². The SMILES string of the molecule is CC(C)(O)C(C)(C)NC(=O)C1CCCNC1. The molecule has 4 nitrogen and oxygen atoms in total. The van der Waals surface area contributed by atoms with Gasteiger partial charge in [-0.25, -0.2) is 0 Å². The van der Waals surface area contributed by atoms with E-state index in [0.29, 0.717) is 0 Å². The van der Waals surface area contributed by atoms with Gasteiger partial charge in [0, 0.05) is 6.54 Å². The van der Waals surface area contributed by atoms with Crippen molar-refractivity contribution in [2.24, 2.45) is 5.92 Å². The van der Waals surface area contributed by atoms with Crippen molar-refractivity contribution in [2.75, 3.05) is 13.1 Å². The van der Waals surface area contributed by atoms with Crippen molar-refractivity contribution in [1.29, 1.82) is 0 Å². The van der Waals surface area contributed by atoms with Gasteiger partial charge in [0.15, 0.2) is 0 Å². The first kappa shape index (κ1) is 13.5. The number of amides is 1. The average molecular weight is 228 g/mol. The van der Waals surface area contributed by atoms with Crippen LogP contribution in [0.5, 0.6) is 0 Å². The van der Waals surface area contributed by atoms with E-state index in [2.05, 4.69) is 10.6 Å². The molecule has 0 aliphatic carbocycles. The Kier molecular flexibility index (Phi) is 3.97. The van der Waals surface area contributed by atoms with E-state index in [9.17, 15) is 9.90 Å². The van der Waals surface area contributed by atoms with E-state index < -0.39 is 11.1 Å². The predicted octanol–water partition coefficient (Wildman–Crippen LogP) is 0.652. The first-order chi connectivity index (χ1) is 7.24. The Bertz CT molecular complexity index is 250. The van der Waals surface area contributed by atoms with Gasteiger partial charge in [-0.2, -0.15) is 0 Å². The van der Waals surface area contributed by atoms with Gasteiger partial charge in [0.05, 0.1) is 17.1 Å². The Morgan fingerprint density at radius 3 is 2.44 bits per heavy atom. The zero-order valence-corrected chi connectivity index (χ0v) is 10.8. The minimum atomic E-state index is -0.926. The quantitative estimate of drug-likeness (QED) is 0.665. The summed E-state index contributed by atoms with van der Waals surface area (Å²) in [6, 6.07) is 0. The topological polar surface area (TPSA) is 61.4 Å². The maximum atomic E-state index is 12.0. The predicted molar refractivity (Wildman–Crippen MR) is 64.1 cm³/mol. The van der Waals surface area contributed by atoms with Gasteiger partial charge in [-0.1, -0.05) is 0 Å². The van der Waals surface area contributed by atoms with Crippen LogP contribution in [-0.2, 0) is 4.79 Å². The van der Waals surface area contributed by atoms with Crippen LogP contribution in [0, 0.1) is 5.92 Å². The molecule has 1 aliphatic rings. The summed E-state index contributed by atoms with van der Waals surface area (Å²) in [5.41, 5.74) is -1.54. The highest BCUT2D eigenvalue weighted by molar-refractivity contribution is 5.79. The van der Waals surface area contributed by atoms with Crippen LogP contribution in [0.1, 0.15) is 40.5 Å². The first-order valence-electron chi connectivity index (χ1n) is 5.99. The molecule has 1 amide bonds. The molecule has 3 N–H and O–H groups in total. The number of carbonyl (C=O) groups is 1. The molecule has 0 radical (unpaired) electrons. The summed E-state index contributed by atoms with van der Waals surface area (Å²) in [4.78, 5) is 12.0. The molecular formula is C12H24N2O2. The lowest BCUT2D eigenvalue weighted by Crippen LogP contribution is -2.59. The molecule has 1 saturated heterocycles. The van der Waals surface area contributed by atoms with E-state index in [1.807, 2.05) is 13.8 Å². The molecular weight excluding hydrogens is 204 g/mol. The molecule has 0 aromatic heterocycles. The fourth-order valence-corrected chi connectivity index (χ4v) is 1.64. The van der Waals surface area contributed by atoms with Crippen LogP contribution < -0.4 is 10.6 Å². The van der Waals surface area contributed by atoms with Gasteiger partial charge in [-0.15, -0.1) is 0 Å². The van der Waals surface area contributed by atoms with Gasteiger partial charge in [-0.3, -0.25) is 4.79 Å². The number of carbonyl (C=O) groups excluding carboxylic acids is 1. The van der Waals surface area contributed by atoms with Gasteiger partial charge in [-0.05, 0) is 47.1 Å². The summed E-state index contributed by atoms with van der Waals surface area (Å²) < 4.78 is 0. The van der Waals surface area contributed by atoms with Crippen LogP contribution in [0.4, 0.5) is 0 Å². The van der Waals surface area contributed by atoms with E-state index in [0.717, 1.165) is 25.9 Å². The van der Waals surface area contributed by atoms with Crippen LogP contribution in [0.3, 0.4) is 0 Å². The minimum absolute atomic E-state index is 0.0374. The molecule has 1 atom stereocenters. The second-order valence-corrected chi connectivity index (χ2v) is 5.72. The first-order valence-corrected chi connectivity index (χ1v) is 5.99. The zero-order valence-electron chi connectivity index (χ0n) is 10.8. The lowest BCUT2D eigenvalue weighted by atomic mass is 9.85. The summed E-state index contributed by atoms with van der Waals surface area (Å²) >= 11 is 0. The Morgan fingerprint density at radius 1 is 1.38 bits per heavy atom. The molecule has 4 heteroatoms. The number of aliphatic hydroxyl groups is 1. The van der Waals surface area contributed by atoms with Gasteiger partial charge >= 0.3 is 0 Å². The van der Waals surface area contributed by atoms with Crippen LogP contribution >= 0.6 is 0 Å². The summed E-state index contributed by atoms with van der Waals surface area (Å²) in [7, 11) is 0. The summed E-state index contributed by atoms with van der Waals surface area (Å²) in [6.45, 7) is 8.87. The number of rotatable bonds is 3. The smallest absolute Gasteiger partial charge is 0.224 e. The number of hydrogen-bond acceptors (Lipinski definition) is 3. The van der Waals surface area contributed by atoms with Crippen molar-refractivity contribution < 1.29 is 9.90 Å². The largest absolute Gasteiger partial charge is 0.388 e. The van der Waals surface area contributed by atoms with Crippen LogP contribution in [0.25, 0.3) is 0 Å². The van der Waals surface area contributed by atoms with Crippen molar-refractivity contribution in [3.63, 3.8) is 0 Å². The monoisotopic (exact) mass is 228 g/mol. The van der Waals surface area contributed by atoms with E-state index >= 15 is 0 Å². The molecule has 0 saturated carbocycles. The molecule has 1 unspecified atom stereocenters.